The van der Waals surface area contributed by atoms with Crippen LogP contribution in [0.4, 0.5) is 0 Å². The molecule has 0 rings (SSSR count). The maximum Gasteiger partial charge on any atom is 0.377 e. The summed E-state index contributed by atoms with van der Waals surface area (Å²) in [5, 5.41) is 9.06. The minimum atomic E-state index is -3.69. The molecule has 0 aromatic carbocycles. The Morgan fingerprint density at radius 1 is 1.20 bits per heavy atom. The molecule has 0 aliphatic carbocycles. The largest absolute Gasteiger partial charge is 0.388 e. The van der Waals surface area contributed by atoms with Crippen molar-refractivity contribution in [3.8, 4) is 0 Å². The fraction of sp³-hybridized carbons (Fsp3) is 1.00. The number of hydrogen-bond donors (Lipinski definition) is 2. The second-order valence-corrected chi connectivity index (χ2v) is 6.55. The highest BCUT2D eigenvalue weighted by molar-refractivity contribution is 8.04. The molecule has 0 aromatic rings. The number of aliphatic hydroxyl groups excluding tert-OH is 1. The van der Waals surface area contributed by atoms with E-state index in [0.717, 1.165) is 0 Å². The SMILES string of the molecule is CCOCC(O)COCC.O=P(O)(Cl)Cl. The van der Waals surface area contributed by atoms with Gasteiger partial charge in [-0.15, -0.1) is 0 Å². The van der Waals surface area contributed by atoms with E-state index in [1.807, 2.05) is 13.8 Å². The van der Waals surface area contributed by atoms with Crippen molar-refractivity contribution in [2.24, 2.45) is 0 Å². The van der Waals surface area contributed by atoms with Gasteiger partial charge >= 0.3 is 6.07 Å². The summed E-state index contributed by atoms with van der Waals surface area (Å²) in [5.41, 5.74) is 0. The molecule has 0 atom stereocenters. The van der Waals surface area contributed by atoms with Crippen LogP contribution in [0, 0.1) is 0 Å². The van der Waals surface area contributed by atoms with Crippen molar-refractivity contribution in [1.29, 1.82) is 0 Å². The summed E-state index contributed by atoms with van der Waals surface area (Å²) in [4.78, 5) is 7.61. The first-order valence-electron chi connectivity index (χ1n) is 4.36. The summed E-state index contributed by atoms with van der Waals surface area (Å²) < 4.78 is 19.2. The Morgan fingerprint density at radius 2 is 1.47 bits per heavy atom. The number of ether oxygens (including phenoxy) is 2. The Hall–Kier alpha value is 0.650. The molecule has 0 amide bonds. The van der Waals surface area contributed by atoms with Gasteiger partial charge in [0.25, 0.3) is 0 Å². The van der Waals surface area contributed by atoms with Crippen molar-refractivity contribution in [2.75, 3.05) is 26.4 Å². The molecule has 0 aromatic heterocycles. The van der Waals surface area contributed by atoms with Crippen LogP contribution in [0.3, 0.4) is 0 Å². The monoisotopic (exact) mass is 282 g/mol. The van der Waals surface area contributed by atoms with Gasteiger partial charge in [-0.2, -0.15) is 0 Å². The molecule has 5 nitrogen and oxygen atoms in total. The number of aliphatic hydroxyl groups is 1. The zero-order valence-electron chi connectivity index (χ0n) is 8.73. The van der Waals surface area contributed by atoms with Crippen molar-refractivity contribution in [1.82, 2.24) is 0 Å². The fourth-order valence-electron chi connectivity index (χ4n) is 0.556. The Kier molecular flexibility index (Phi) is 13.4. The van der Waals surface area contributed by atoms with Crippen LogP contribution < -0.4 is 0 Å². The molecule has 0 bridgehead atoms. The zero-order chi connectivity index (χ0) is 12.3. The van der Waals surface area contributed by atoms with E-state index in [9.17, 15) is 4.57 Å². The van der Waals surface area contributed by atoms with E-state index in [1.165, 1.54) is 0 Å². The molecule has 0 saturated carbocycles. The lowest BCUT2D eigenvalue weighted by molar-refractivity contribution is -0.0132. The highest BCUT2D eigenvalue weighted by Crippen LogP contribution is 2.51. The molecule has 0 saturated heterocycles. The quantitative estimate of drug-likeness (QED) is 0.729. The summed E-state index contributed by atoms with van der Waals surface area (Å²) in [6, 6.07) is 0. The van der Waals surface area contributed by atoms with E-state index in [4.69, 9.17) is 19.5 Å². The molecule has 94 valence electrons. The Bertz CT molecular complexity index is 158. The van der Waals surface area contributed by atoms with E-state index in [-0.39, 0.29) is 0 Å². The van der Waals surface area contributed by atoms with Gasteiger partial charge in [0.1, 0.15) is 6.10 Å². The van der Waals surface area contributed by atoms with Crippen molar-refractivity contribution in [2.45, 2.75) is 20.0 Å². The van der Waals surface area contributed by atoms with Crippen LogP contribution in [-0.4, -0.2) is 42.5 Å². The molecular formula is C7H17Cl2O5P. The van der Waals surface area contributed by atoms with Crippen LogP contribution in [0.1, 0.15) is 13.8 Å². The Balaban J connectivity index is 0. The minimum absolute atomic E-state index is 0.372. The Morgan fingerprint density at radius 3 is 1.67 bits per heavy atom. The van der Waals surface area contributed by atoms with E-state index in [1.54, 1.807) is 0 Å². The molecule has 0 unspecified atom stereocenters. The summed E-state index contributed by atoms with van der Waals surface area (Å²) in [6.07, 6.45) is -4.17. The van der Waals surface area contributed by atoms with Crippen molar-refractivity contribution < 1.29 is 24.0 Å². The molecule has 0 spiro atoms. The van der Waals surface area contributed by atoms with E-state index in [2.05, 4.69) is 22.5 Å². The third-order valence-corrected chi connectivity index (χ3v) is 1.03. The highest BCUT2D eigenvalue weighted by atomic mass is 35.9. The van der Waals surface area contributed by atoms with Crippen molar-refractivity contribution >= 4 is 28.6 Å². The minimum Gasteiger partial charge on any atom is -0.388 e. The van der Waals surface area contributed by atoms with Gasteiger partial charge in [0, 0.05) is 13.2 Å². The number of halogens is 2. The smallest absolute Gasteiger partial charge is 0.377 e. The molecule has 8 heteroatoms. The average Bonchev–Trinajstić information content (AvgIpc) is 2.08. The van der Waals surface area contributed by atoms with E-state index in [0.29, 0.717) is 26.4 Å². The molecule has 2 N–H and O–H groups in total. The lowest BCUT2D eigenvalue weighted by Crippen LogP contribution is -2.21. The maximum absolute atomic E-state index is 9.30. The van der Waals surface area contributed by atoms with Crippen molar-refractivity contribution in [3.05, 3.63) is 0 Å². The van der Waals surface area contributed by atoms with Crippen LogP contribution in [0.15, 0.2) is 0 Å². The topological polar surface area (TPSA) is 76.0 Å². The van der Waals surface area contributed by atoms with Gasteiger partial charge in [0.2, 0.25) is 0 Å². The first-order valence-corrected chi connectivity index (χ1v) is 7.83. The van der Waals surface area contributed by atoms with Crippen LogP contribution >= 0.6 is 28.6 Å². The molecule has 0 aliphatic rings. The van der Waals surface area contributed by atoms with Gasteiger partial charge in [-0.25, -0.2) is 0 Å². The second kappa shape index (κ2) is 11.1. The van der Waals surface area contributed by atoms with Gasteiger partial charge in [-0.05, 0) is 36.3 Å². The first kappa shape index (κ1) is 18.0. The standard InChI is InChI=1S/C7H16O3.Cl2HO2P/c1-3-9-5-7(8)6-10-4-2;1-5(2,3)4/h7-8H,3-6H2,1-2H3;(H,3,4). The Labute approximate surface area is 99.3 Å². The van der Waals surface area contributed by atoms with Gasteiger partial charge in [-0.1, -0.05) is 0 Å². The normalized spacial score (nSPS) is 11.1. The number of hydrogen-bond acceptors (Lipinski definition) is 4. The van der Waals surface area contributed by atoms with Gasteiger partial charge in [-0.3, -0.25) is 4.57 Å². The predicted molar refractivity (Wildman–Crippen MR) is 60.5 cm³/mol. The van der Waals surface area contributed by atoms with E-state index < -0.39 is 12.2 Å². The van der Waals surface area contributed by atoms with E-state index >= 15 is 0 Å². The lowest BCUT2D eigenvalue weighted by Gasteiger charge is -2.09. The fourth-order valence-corrected chi connectivity index (χ4v) is 0.556. The third kappa shape index (κ3) is 31.3. The number of rotatable bonds is 6. The summed E-state index contributed by atoms with van der Waals surface area (Å²) in [6.45, 7) is 5.82. The highest BCUT2D eigenvalue weighted by Gasteiger charge is 2.02. The molecule has 15 heavy (non-hydrogen) atoms. The van der Waals surface area contributed by atoms with Crippen LogP contribution in [0.25, 0.3) is 0 Å². The molecule has 0 radical (unpaired) electrons. The third-order valence-electron chi connectivity index (χ3n) is 1.03. The lowest BCUT2D eigenvalue weighted by atomic mass is 10.4. The maximum atomic E-state index is 9.30. The summed E-state index contributed by atoms with van der Waals surface area (Å²) in [5.74, 6) is 0. The van der Waals surface area contributed by atoms with Crippen LogP contribution in [-0.2, 0) is 14.0 Å². The first-order chi connectivity index (χ1) is 6.81. The van der Waals surface area contributed by atoms with Gasteiger partial charge in [0.15, 0.2) is 0 Å². The predicted octanol–water partition coefficient (Wildman–Crippen LogP) is 1.98. The summed E-state index contributed by atoms with van der Waals surface area (Å²) >= 11 is 8.81. The van der Waals surface area contributed by atoms with Gasteiger partial charge in [0.05, 0.1) is 13.2 Å². The zero-order valence-corrected chi connectivity index (χ0v) is 11.1. The van der Waals surface area contributed by atoms with Crippen LogP contribution in [0.5, 0.6) is 0 Å². The molecule has 0 aliphatic heterocycles. The van der Waals surface area contributed by atoms with Crippen molar-refractivity contribution in [3.63, 3.8) is 0 Å². The van der Waals surface area contributed by atoms with Gasteiger partial charge < -0.3 is 19.5 Å². The molecule has 0 heterocycles. The molecular weight excluding hydrogens is 266 g/mol. The van der Waals surface area contributed by atoms with Crippen LogP contribution in [0.2, 0.25) is 0 Å². The average molecular weight is 283 g/mol. The summed E-state index contributed by atoms with van der Waals surface area (Å²) in [7, 11) is 0. The second-order valence-electron chi connectivity index (χ2n) is 2.41. The molecule has 0 fully saturated rings.